The summed E-state index contributed by atoms with van der Waals surface area (Å²) < 4.78 is 0. The Balaban J connectivity index is 1.97. The first-order valence-corrected chi connectivity index (χ1v) is 8.52. The lowest BCUT2D eigenvalue weighted by molar-refractivity contribution is -0.114. The Bertz CT molecular complexity index is 741. The van der Waals surface area contributed by atoms with Crippen molar-refractivity contribution in [1.82, 2.24) is 5.32 Å². The molecule has 0 saturated carbocycles. The SMILES string of the molecule is CCNC(=O)c1cccc(NCC(=O)Nc2ccccc2C(C)C)c1. The fourth-order valence-electron chi connectivity index (χ4n) is 2.52. The molecule has 2 aromatic rings. The molecule has 0 heterocycles. The number of carbonyl (C=O) groups excluding carboxylic acids is 2. The molecule has 2 aromatic carbocycles. The van der Waals surface area contributed by atoms with Gasteiger partial charge in [0, 0.05) is 23.5 Å². The molecule has 5 heteroatoms. The summed E-state index contributed by atoms with van der Waals surface area (Å²) in [5, 5.41) is 8.76. The Morgan fingerprint density at radius 2 is 1.80 bits per heavy atom. The molecule has 25 heavy (non-hydrogen) atoms. The maximum atomic E-state index is 12.2. The van der Waals surface area contributed by atoms with Crippen molar-refractivity contribution in [3.63, 3.8) is 0 Å². The first-order valence-electron chi connectivity index (χ1n) is 8.52. The van der Waals surface area contributed by atoms with Gasteiger partial charge in [0.15, 0.2) is 0 Å². The van der Waals surface area contributed by atoms with Crippen molar-refractivity contribution >= 4 is 23.2 Å². The second kappa shape index (κ2) is 8.87. The fraction of sp³-hybridized carbons (Fsp3) is 0.300. The summed E-state index contributed by atoms with van der Waals surface area (Å²) in [5.41, 5.74) is 3.24. The smallest absolute Gasteiger partial charge is 0.251 e. The Labute approximate surface area is 148 Å². The van der Waals surface area contributed by atoms with Crippen LogP contribution in [0, 0.1) is 0 Å². The van der Waals surface area contributed by atoms with Crippen molar-refractivity contribution in [2.75, 3.05) is 23.7 Å². The van der Waals surface area contributed by atoms with E-state index >= 15 is 0 Å². The van der Waals surface area contributed by atoms with Crippen LogP contribution in [0.2, 0.25) is 0 Å². The number of carbonyl (C=O) groups is 2. The van der Waals surface area contributed by atoms with Gasteiger partial charge in [0.2, 0.25) is 5.91 Å². The van der Waals surface area contributed by atoms with Gasteiger partial charge >= 0.3 is 0 Å². The maximum absolute atomic E-state index is 12.2. The van der Waals surface area contributed by atoms with Crippen LogP contribution in [0.4, 0.5) is 11.4 Å². The molecule has 0 aliphatic carbocycles. The predicted molar refractivity (Wildman–Crippen MR) is 102 cm³/mol. The quantitative estimate of drug-likeness (QED) is 0.722. The summed E-state index contributed by atoms with van der Waals surface area (Å²) in [4.78, 5) is 24.1. The number of nitrogens with one attached hydrogen (secondary N) is 3. The van der Waals surface area contributed by atoms with E-state index in [9.17, 15) is 9.59 Å². The number of rotatable bonds is 7. The molecule has 0 unspecified atom stereocenters. The van der Waals surface area contributed by atoms with Crippen molar-refractivity contribution in [3.05, 3.63) is 59.7 Å². The molecule has 0 fully saturated rings. The standard InChI is InChI=1S/C20H25N3O2/c1-4-21-20(25)15-8-7-9-16(12-15)22-13-19(24)23-18-11-6-5-10-17(18)14(2)3/h5-12,14,22H,4,13H2,1-3H3,(H,21,25)(H,23,24). The van der Waals surface area contributed by atoms with Gasteiger partial charge < -0.3 is 16.0 Å². The number of amides is 2. The van der Waals surface area contributed by atoms with E-state index in [-0.39, 0.29) is 18.4 Å². The van der Waals surface area contributed by atoms with E-state index < -0.39 is 0 Å². The Hall–Kier alpha value is -2.82. The van der Waals surface area contributed by atoms with Gasteiger partial charge in [-0.25, -0.2) is 0 Å². The summed E-state index contributed by atoms with van der Waals surface area (Å²) >= 11 is 0. The van der Waals surface area contributed by atoms with Crippen molar-refractivity contribution in [2.45, 2.75) is 26.7 Å². The van der Waals surface area contributed by atoms with Crippen LogP contribution >= 0.6 is 0 Å². The molecule has 0 saturated heterocycles. The van der Waals surface area contributed by atoms with E-state index in [1.54, 1.807) is 18.2 Å². The van der Waals surface area contributed by atoms with Crippen molar-refractivity contribution in [1.29, 1.82) is 0 Å². The van der Waals surface area contributed by atoms with E-state index in [2.05, 4.69) is 29.8 Å². The molecule has 2 rings (SSSR count). The highest BCUT2D eigenvalue weighted by atomic mass is 16.2. The van der Waals surface area contributed by atoms with Crippen LogP contribution in [0.3, 0.4) is 0 Å². The Morgan fingerprint density at radius 3 is 2.52 bits per heavy atom. The van der Waals surface area contributed by atoms with Gasteiger partial charge in [-0.1, -0.05) is 38.1 Å². The summed E-state index contributed by atoms with van der Waals surface area (Å²) in [6, 6.07) is 14.9. The minimum absolute atomic E-state index is 0.124. The normalized spacial score (nSPS) is 10.4. The monoisotopic (exact) mass is 339 g/mol. The Morgan fingerprint density at radius 1 is 1.04 bits per heavy atom. The van der Waals surface area contributed by atoms with Crippen LogP contribution in [-0.2, 0) is 4.79 Å². The zero-order valence-corrected chi connectivity index (χ0v) is 14.9. The second-order valence-electron chi connectivity index (χ2n) is 6.08. The second-order valence-corrected chi connectivity index (χ2v) is 6.08. The summed E-state index contributed by atoms with van der Waals surface area (Å²) in [5.74, 6) is 0.0798. The molecule has 0 aromatic heterocycles. The van der Waals surface area contributed by atoms with E-state index in [1.165, 1.54) is 0 Å². The zero-order chi connectivity index (χ0) is 18.2. The average molecular weight is 339 g/mol. The average Bonchev–Trinajstić information content (AvgIpc) is 2.61. The minimum atomic E-state index is -0.128. The first kappa shape index (κ1) is 18.5. The predicted octanol–water partition coefficient (Wildman–Crippen LogP) is 3.61. The molecule has 0 aliphatic heterocycles. The molecule has 0 atom stereocenters. The number of hydrogen-bond donors (Lipinski definition) is 3. The number of para-hydroxylation sites is 1. The zero-order valence-electron chi connectivity index (χ0n) is 14.9. The molecule has 3 N–H and O–H groups in total. The molecule has 0 radical (unpaired) electrons. The number of anilines is 2. The van der Waals surface area contributed by atoms with Gasteiger partial charge in [-0.05, 0) is 42.7 Å². The van der Waals surface area contributed by atoms with Gasteiger partial charge in [0.25, 0.3) is 5.91 Å². The number of benzene rings is 2. The third-order valence-corrected chi connectivity index (χ3v) is 3.77. The van der Waals surface area contributed by atoms with Crippen LogP contribution in [0.1, 0.15) is 42.6 Å². The molecule has 132 valence electrons. The molecule has 0 bridgehead atoms. The van der Waals surface area contributed by atoms with Crippen LogP contribution in [0.5, 0.6) is 0 Å². The van der Waals surface area contributed by atoms with Gasteiger partial charge in [-0.15, -0.1) is 0 Å². The highest BCUT2D eigenvalue weighted by molar-refractivity contribution is 5.96. The lowest BCUT2D eigenvalue weighted by Crippen LogP contribution is -2.24. The molecule has 0 aliphatic rings. The van der Waals surface area contributed by atoms with E-state index in [1.807, 2.05) is 37.3 Å². The van der Waals surface area contributed by atoms with Crippen LogP contribution in [0.25, 0.3) is 0 Å². The number of hydrogen-bond acceptors (Lipinski definition) is 3. The van der Waals surface area contributed by atoms with Crippen molar-refractivity contribution in [3.8, 4) is 0 Å². The van der Waals surface area contributed by atoms with E-state index in [4.69, 9.17) is 0 Å². The van der Waals surface area contributed by atoms with Crippen LogP contribution in [-0.4, -0.2) is 24.9 Å². The Kier molecular flexibility index (Phi) is 6.57. The molecular formula is C20H25N3O2. The maximum Gasteiger partial charge on any atom is 0.251 e. The van der Waals surface area contributed by atoms with E-state index in [0.29, 0.717) is 18.0 Å². The third kappa shape index (κ3) is 5.35. The highest BCUT2D eigenvalue weighted by Crippen LogP contribution is 2.23. The van der Waals surface area contributed by atoms with Gasteiger partial charge in [-0.3, -0.25) is 9.59 Å². The third-order valence-electron chi connectivity index (χ3n) is 3.77. The highest BCUT2D eigenvalue weighted by Gasteiger charge is 2.09. The largest absolute Gasteiger partial charge is 0.376 e. The fourth-order valence-corrected chi connectivity index (χ4v) is 2.52. The van der Waals surface area contributed by atoms with Gasteiger partial charge in [-0.2, -0.15) is 0 Å². The van der Waals surface area contributed by atoms with Gasteiger partial charge in [0.05, 0.1) is 6.54 Å². The molecular weight excluding hydrogens is 314 g/mol. The van der Waals surface area contributed by atoms with Crippen LogP contribution in [0.15, 0.2) is 48.5 Å². The summed E-state index contributed by atoms with van der Waals surface area (Å²) in [6.45, 7) is 6.77. The molecule has 5 nitrogen and oxygen atoms in total. The summed E-state index contributed by atoms with van der Waals surface area (Å²) in [6.07, 6.45) is 0. The topological polar surface area (TPSA) is 70.2 Å². The summed E-state index contributed by atoms with van der Waals surface area (Å²) in [7, 11) is 0. The lowest BCUT2D eigenvalue weighted by Gasteiger charge is -2.14. The van der Waals surface area contributed by atoms with Gasteiger partial charge in [0.1, 0.15) is 0 Å². The van der Waals surface area contributed by atoms with Crippen molar-refractivity contribution in [2.24, 2.45) is 0 Å². The first-order chi connectivity index (χ1) is 12.0. The van der Waals surface area contributed by atoms with Crippen LogP contribution < -0.4 is 16.0 Å². The van der Waals surface area contributed by atoms with Crippen molar-refractivity contribution < 1.29 is 9.59 Å². The molecule has 2 amide bonds. The molecule has 0 spiro atoms. The minimum Gasteiger partial charge on any atom is -0.376 e. The lowest BCUT2D eigenvalue weighted by atomic mass is 10.0. The van der Waals surface area contributed by atoms with E-state index in [0.717, 1.165) is 16.9 Å².